The normalized spacial score (nSPS) is 15.6. The van der Waals surface area contributed by atoms with E-state index in [1.54, 1.807) is 27.8 Å². The Hall–Kier alpha value is -2.07. The number of sulfonamides is 1. The molecule has 3 heterocycles. The van der Waals surface area contributed by atoms with E-state index < -0.39 is 10.0 Å². The summed E-state index contributed by atoms with van der Waals surface area (Å²) in [6.07, 6.45) is 1.18. The van der Waals surface area contributed by atoms with E-state index in [9.17, 15) is 13.2 Å². The second-order valence-corrected chi connectivity index (χ2v) is 10.8. The summed E-state index contributed by atoms with van der Waals surface area (Å²) in [5, 5.41) is 4.37. The second kappa shape index (κ2) is 8.35. The van der Waals surface area contributed by atoms with Crippen molar-refractivity contribution in [2.75, 3.05) is 13.1 Å². The highest BCUT2D eigenvalue weighted by Gasteiger charge is 2.28. The molecule has 1 aliphatic rings. The number of thiophene rings is 1. The summed E-state index contributed by atoms with van der Waals surface area (Å²) in [6.45, 7) is 3.05. The molecule has 0 bridgehead atoms. The summed E-state index contributed by atoms with van der Waals surface area (Å²) in [7, 11) is -3.48. The van der Waals surface area contributed by atoms with Gasteiger partial charge >= 0.3 is 0 Å². The molecule has 29 heavy (non-hydrogen) atoms. The number of amides is 1. The van der Waals surface area contributed by atoms with Crippen molar-refractivity contribution in [2.45, 2.75) is 30.0 Å². The topological polar surface area (TPSA) is 79.4 Å². The molecule has 0 radical (unpaired) electrons. The quantitative estimate of drug-likeness (QED) is 0.646. The van der Waals surface area contributed by atoms with Crippen LogP contribution in [0.15, 0.2) is 51.4 Å². The third kappa shape index (κ3) is 4.58. The van der Waals surface area contributed by atoms with E-state index in [1.165, 1.54) is 28.2 Å². The highest BCUT2D eigenvalue weighted by atomic mass is 32.2. The van der Waals surface area contributed by atoms with E-state index in [1.807, 2.05) is 31.2 Å². The van der Waals surface area contributed by atoms with Gasteiger partial charge < -0.3 is 4.90 Å². The fourth-order valence-electron chi connectivity index (χ4n) is 3.26. The number of carbonyl (C=O) groups is 1. The maximum absolute atomic E-state index is 12.8. The maximum atomic E-state index is 12.8. The zero-order valence-electron chi connectivity index (χ0n) is 15.9. The van der Waals surface area contributed by atoms with Crippen LogP contribution >= 0.6 is 22.7 Å². The van der Waals surface area contributed by atoms with Gasteiger partial charge in [0, 0.05) is 30.1 Å². The van der Waals surface area contributed by atoms with E-state index in [2.05, 4.69) is 9.71 Å². The lowest BCUT2D eigenvalue weighted by molar-refractivity contribution is 0.0706. The third-order valence-electron chi connectivity index (χ3n) is 4.89. The molecule has 2 aromatic heterocycles. The van der Waals surface area contributed by atoms with Crippen LogP contribution in [0.5, 0.6) is 0 Å². The summed E-state index contributed by atoms with van der Waals surface area (Å²) < 4.78 is 27.8. The Balaban J connectivity index is 1.36. The van der Waals surface area contributed by atoms with Crippen LogP contribution in [0.3, 0.4) is 0 Å². The van der Waals surface area contributed by atoms with Crippen LogP contribution < -0.4 is 4.72 Å². The van der Waals surface area contributed by atoms with Crippen molar-refractivity contribution in [1.29, 1.82) is 0 Å². The highest BCUT2D eigenvalue weighted by molar-refractivity contribution is 7.91. The number of carbonyl (C=O) groups excluding carboxylic acids is 1. The lowest BCUT2D eigenvalue weighted by atomic mass is 10.1. The van der Waals surface area contributed by atoms with Gasteiger partial charge in [0.05, 0.1) is 0 Å². The predicted octanol–water partition coefficient (Wildman–Crippen LogP) is 3.76. The first kappa shape index (κ1) is 20.2. The van der Waals surface area contributed by atoms with Crippen LogP contribution in [0, 0.1) is 6.92 Å². The zero-order chi connectivity index (χ0) is 20.4. The van der Waals surface area contributed by atoms with Crippen LogP contribution in [0.25, 0.3) is 10.6 Å². The molecule has 0 unspecified atom stereocenters. The Kier molecular flexibility index (Phi) is 5.82. The van der Waals surface area contributed by atoms with Crippen molar-refractivity contribution < 1.29 is 13.2 Å². The van der Waals surface area contributed by atoms with Crippen LogP contribution in [0.2, 0.25) is 0 Å². The first-order valence-electron chi connectivity index (χ1n) is 9.30. The van der Waals surface area contributed by atoms with Crippen molar-refractivity contribution in [3.63, 3.8) is 0 Å². The van der Waals surface area contributed by atoms with E-state index in [-0.39, 0.29) is 11.9 Å². The molecule has 0 saturated carbocycles. The number of likely N-dealkylation sites (tertiary alicyclic amines) is 1. The van der Waals surface area contributed by atoms with Crippen LogP contribution in [-0.2, 0) is 10.0 Å². The molecule has 0 spiro atoms. The van der Waals surface area contributed by atoms with Gasteiger partial charge in [0.25, 0.3) is 5.91 Å². The first-order valence-corrected chi connectivity index (χ1v) is 12.5. The molecule has 3 aromatic rings. The number of rotatable bonds is 5. The number of thiazole rings is 1. The minimum Gasteiger partial charge on any atom is -0.337 e. The number of nitrogens with one attached hydrogen (secondary N) is 1. The number of hydrogen-bond donors (Lipinski definition) is 1. The average Bonchev–Trinajstić information content (AvgIpc) is 3.41. The molecule has 0 atom stereocenters. The molecule has 6 nitrogen and oxygen atoms in total. The number of aromatic nitrogens is 1. The van der Waals surface area contributed by atoms with Gasteiger partial charge in [0.1, 0.15) is 14.9 Å². The summed E-state index contributed by atoms with van der Waals surface area (Å²) >= 11 is 2.66. The Morgan fingerprint density at radius 3 is 2.52 bits per heavy atom. The molecular weight excluding hydrogens is 426 g/mol. The summed E-state index contributed by atoms with van der Waals surface area (Å²) in [6, 6.07) is 11.2. The van der Waals surface area contributed by atoms with Gasteiger partial charge in [-0.2, -0.15) is 0 Å². The van der Waals surface area contributed by atoms with Crippen molar-refractivity contribution >= 4 is 38.6 Å². The summed E-state index contributed by atoms with van der Waals surface area (Å²) in [5.41, 5.74) is 2.63. The Morgan fingerprint density at radius 1 is 1.14 bits per heavy atom. The van der Waals surface area contributed by atoms with E-state index in [0.717, 1.165) is 10.6 Å². The number of aryl methyl sites for hydroxylation is 1. The van der Waals surface area contributed by atoms with Crippen LogP contribution in [0.1, 0.15) is 28.9 Å². The molecule has 1 saturated heterocycles. The first-order chi connectivity index (χ1) is 13.9. The molecule has 0 aliphatic carbocycles. The molecule has 1 aromatic carbocycles. The van der Waals surface area contributed by atoms with Crippen molar-refractivity contribution in [3.8, 4) is 10.6 Å². The van der Waals surface area contributed by atoms with Crippen LogP contribution in [0.4, 0.5) is 0 Å². The highest BCUT2D eigenvalue weighted by Crippen LogP contribution is 2.25. The van der Waals surface area contributed by atoms with E-state index in [4.69, 9.17) is 0 Å². The zero-order valence-corrected chi connectivity index (χ0v) is 18.3. The fourth-order valence-corrected chi connectivity index (χ4v) is 6.37. The molecule has 1 fully saturated rings. The minimum absolute atomic E-state index is 0.0980. The van der Waals surface area contributed by atoms with Gasteiger partial charge in [-0.1, -0.05) is 35.9 Å². The maximum Gasteiger partial charge on any atom is 0.273 e. The molecule has 1 N–H and O–H groups in total. The monoisotopic (exact) mass is 447 g/mol. The molecule has 4 rings (SSSR count). The third-order valence-corrected chi connectivity index (χ3v) is 8.70. The number of piperidine rings is 1. The molecule has 1 aliphatic heterocycles. The largest absolute Gasteiger partial charge is 0.337 e. The Labute approximate surface area is 178 Å². The predicted molar refractivity (Wildman–Crippen MR) is 116 cm³/mol. The van der Waals surface area contributed by atoms with E-state index >= 15 is 0 Å². The van der Waals surface area contributed by atoms with Crippen molar-refractivity contribution in [1.82, 2.24) is 14.6 Å². The smallest absolute Gasteiger partial charge is 0.273 e. The van der Waals surface area contributed by atoms with Gasteiger partial charge in [-0.3, -0.25) is 4.79 Å². The fraction of sp³-hybridized carbons (Fsp3) is 0.300. The lowest BCUT2D eigenvalue weighted by Gasteiger charge is -2.31. The second-order valence-electron chi connectivity index (χ2n) is 7.02. The molecule has 1 amide bonds. The molecule has 152 valence electrons. The minimum atomic E-state index is -3.48. The number of hydrogen-bond acceptors (Lipinski definition) is 6. The summed E-state index contributed by atoms with van der Waals surface area (Å²) in [4.78, 5) is 19.1. The average molecular weight is 448 g/mol. The van der Waals surface area contributed by atoms with Crippen LogP contribution in [-0.4, -0.2) is 43.3 Å². The lowest BCUT2D eigenvalue weighted by Crippen LogP contribution is -2.46. The van der Waals surface area contributed by atoms with Gasteiger partial charge in [0.2, 0.25) is 10.0 Å². The SMILES string of the molecule is Cc1ccc(-c2nc(C(=O)N3CCC(NS(=O)(=O)c4cccs4)CC3)cs2)cc1. The van der Waals surface area contributed by atoms with Gasteiger partial charge in [-0.15, -0.1) is 22.7 Å². The summed E-state index contributed by atoms with van der Waals surface area (Å²) in [5.74, 6) is -0.0980. The van der Waals surface area contributed by atoms with Crippen molar-refractivity contribution in [3.05, 3.63) is 58.4 Å². The van der Waals surface area contributed by atoms with E-state index in [0.29, 0.717) is 35.8 Å². The number of benzene rings is 1. The van der Waals surface area contributed by atoms with Gasteiger partial charge in [-0.05, 0) is 31.2 Å². The Bertz CT molecular complexity index is 1080. The van der Waals surface area contributed by atoms with Gasteiger partial charge in [0.15, 0.2) is 0 Å². The van der Waals surface area contributed by atoms with Crippen molar-refractivity contribution in [2.24, 2.45) is 0 Å². The number of nitrogens with zero attached hydrogens (tertiary/aromatic N) is 2. The van der Waals surface area contributed by atoms with Gasteiger partial charge in [-0.25, -0.2) is 18.1 Å². The standard InChI is InChI=1S/C20H21N3O3S3/c1-14-4-6-15(7-5-14)19-21-17(13-28-19)20(24)23-10-8-16(9-11-23)22-29(25,26)18-3-2-12-27-18/h2-7,12-13,16,22H,8-11H2,1H3. The molecular formula is C20H21N3O3S3. The molecule has 9 heteroatoms. The Morgan fingerprint density at radius 2 is 1.86 bits per heavy atom.